The highest BCUT2D eigenvalue weighted by Gasteiger charge is 2.18. The molecule has 2 aromatic carbocycles. The maximum Gasteiger partial charge on any atom is 0.229 e. The number of nitrogens with one attached hydrogen (secondary N) is 1. The van der Waals surface area contributed by atoms with E-state index in [-0.39, 0.29) is 16.3 Å². The summed E-state index contributed by atoms with van der Waals surface area (Å²) in [5.74, 6) is -1.13. The van der Waals surface area contributed by atoms with Crippen molar-refractivity contribution in [1.29, 1.82) is 5.26 Å². The Morgan fingerprint density at radius 2 is 1.83 bits per heavy atom. The maximum absolute atomic E-state index is 13.3. The number of nitrogens with zero attached hydrogens (tertiary/aromatic N) is 1. The third kappa shape index (κ3) is 5.20. The van der Waals surface area contributed by atoms with Crippen LogP contribution in [0.1, 0.15) is 15.9 Å². The fourth-order valence-corrected chi connectivity index (χ4v) is 1.83. The second-order valence-corrected chi connectivity index (χ2v) is 4.97. The first-order valence-corrected chi connectivity index (χ1v) is 7.26. The number of Topliss-reactive ketones (excluding diaryl/α,β-unsaturated/α-hetero) is 1. The Labute approximate surface area is 145 Å². The normalized spacial score (nSPS) is 9.29. The third-order valence-electron chi connectivity index (χ3n) is 2.67. The molecule has 4 nitrogen and oxygen atoms in total. The lowest BCUT2D eigenvalue weighted by atomic mass is 10.1. The molecular formula is C18H16ClFN2O2. The summed E-state index contributed by atoms with van der Waals surface area (Å²) in [6.45, 7) is 3.52. The van der Waals surface area contributed by atoms with Gasteiger partial charge in [-0.15, -0.1) is 0 Å². The van der Waals surface area contributed by atoms with Gasteiger partial charge in [-0.25, -0.2) is 4.39 Å². The average Bonchev–Trinajstić information content (AvgIpc) is 2.58. The zero-order valence-electron chi connectivity index (χ0n) is 13.3. The Hall–Kier alpha value is -2.68. The van der Waals surface area contributed by atoms with E-state index >= 15 is 0 Å². The summed E-state index contributed by atoms with van der Waals surface area (Å²) < 4.78 is 18.6. The van der Waals surface area contributed by atoms with E-state index in [1.165, 1.54) is 24.3 Å². The van der Waals surface area contributed by atoms with Crippen LogP contribution in [0.4, 0.5) is 4.39 Å². The van der Waals surface area contributed by atoms with Crippen LogP contribution < -0.4 is 10.1 Å². The fourth-order valence-electron chi connectivity index (χ4n) is 1.62. The molecule has 0 spiro atoms. The summed E-state index contributed by atoms with van der Waals surface area (Å²) in [6, 6.07) is 12.0. The van der Waals surface area contributed by atoms with Crippen molar-refractivity contribution in [2.75, 3.05) is 14.1 Å². The maximum atomic E-state index is 13.3. The minimum absolute atomic E-state index is 0.0182. The number of hydrogen-bond acceptors (Lipinski definition) is 4. The average molecular weight is 347 g/mol. The molecule has 0 saturated carbocycles. The van der Waals surface area contributed by atoms with Crippen molar-refractivity contribution >= 4 is 17.4 Å². The first kappa shape index (κ1) is 19.4. The molecule has 0 aromatic heterocycles. The SMILES string of the molecule is C=C(Oc1ccc(C#N)cc1)C(=O)c1cccc(F)c1Cl.CNC. The Morgan fingerprint density at radius 3 is 2.38 bits per heavy atom. The van der Waals surface area contributed by atoms with E-state index < -0.39 is 11.6 Å². The number of benzene rings is 2. The van der Waals surface area contributed by atoms with E-state index in [0.29, 0.717) is 11.3 Å². The van der Waals surface area contributed by atoms with Crippen molar-refractivity contribution in [2.24, 2.45) is 0 Å². The first-order valence-electron chi connectivity index (χ1n) is 6.88. The van der Waals surface area contributed by atoms with Crippen LogP contribution >= 0.6 is 11.6 Å². The molecule has 2 rings (SSSR count). The predicted molar refractivity (Wildman–Crippen MR) is 91.6 cm³/mol. The van der Waals surface area contributed by atoms with Gasteiger partial charge in [-0.05, 0) is 50.5 Å². The molecule has 124 valence electrons. The molecule has 24 heavy (non-hydrogen) atoms. The molecule has 0 heterocycles. The number of carbonyl (C=O) groups excluding carboxylic acids is 1. The van der Waals surface area contributed by atoms with Crippen molar-refractivity contribution in [2.45, 2.75) is 0 Å². The Morgan fingerprint density at radius 1 is 1.25 bits per heavy atom. The number of rotatable bonds is 4. The van der Waals surface area contributed by atoms with Crippen LogP contribution in [-0.4, -0.2) is 19.9 Å². The molecule has 0 radical (unpaired) electrons. The van der Waals surface area contributed by atoms with E-state index in [9.17, 15) is 9.18 Å². The summed E-state index contributed by atoms with van der Waals surface area (Å²) in [7, 11) is 3.75. The summed E-state index contributed by atoms with van der Waals surface area (Å²) in [4.78, 5) is 12.1. The highest BCUT2D eigenvalue weighted by molar-refractivity contribution is 6.34. The molecule has 1 N–H and O–H groups in total. The van der Waals surface area contributed by atoms with Gasteiger partial charge >= 0.3 is 0 Å². The minimum Gasteiger partial charge on any atom is -0.454 e. The lowest BCUT2D eigenvalue weighted by Crippen LogP contribution is -2.09. The second-order valence-electron chi connectivity index (χ2n) is 4.59. The fraction of sp³-hybridized carbons (Fsp3) is 0.111. The van der Waals surface area contributed by atoms with Gasteiger partial charge in [-0.1, -0.05) is 24.2 Å². The van der Waals surface area contributed by atoms with Crippen LogP contribution in [0.5, 0.6) is 5.75 Å². The summed E-state index contributed by atoms with van der Waals surface area (Å²) >= 11 is 5.75. The number of allylic oxidation sites excluding steroid dienone is 1. The lowest BCUT2D eigenvalue weighted by Gasteiger charge is -2.09. The number of nitriles is 1. The molecule has 2 aromatic rings. The van der Waals surface area contributed by atoms with Crippen LogP contribution in [0.25, 0.3) is 0 Å². The van der Waals surface area contributed by atoms with Crippen LogP contribution in [-0.2, 0) is 0 Å². The number of carbonyl (C=O) groups is 1. The van der Waals surface area contributed by atoms with E-state index in [2.05, 4.69) is 11.9 Å². The quantitative estimate of drug-likeness (QED) is 0.517. The molecular weight excluding hydrogens is 331 g/mol. The number of halogens is 2. The van der Waals surface area contributed by atoms with Gasteiger partial charge < -0.3 is 10.1 Å². The molecule has 0 fully saturated rings. The van der Waals surface area contributed by atoms with Crippen molar-refractivity contribution in [3.05, 3.63) is 76.8 Å². The zero-order valence-corrected chi connectivity index (χ0v) is 14.0. The smallest absolute Gasteiger partial charge is 0.229 e. The van der Waals surface area contributed by atoms with Crippen LogP contribution in [0, 0.1) is 17.1 Å². The number of ketones is 1. The van der Waals surface area contributed by atoms with Gasteiger partial charge in [-0.3, -0.25) is 4.79 Å². The monoisotopic (exact) mass is 346 g/mol. The van der Waals surface area contributed by atoms with Gasteiger partial charge in [0, 0.05) is 5.56 Å². The topological polar surface area (TPSA) is 62.1 Å². The van der Waals surface area contributed by atoms with Crippen LogP contribution in [0.2, 0.25) is 5.02 Å². The summed E-state index contributed by atoms with van der Waals surface area (Å²) in [5, 5.41) is 11.2. The number of ether oxygens (including phenoxy) is 1. The van der Waals surface area contributed by atoms with Gasteiger partial charge in [0.05, 0.1) is 16.7 Å². The molecule has 0 saturated heterocycles. The highest BCUT2D eigenvalue weighted by Crippen LogP contribution is 2.23. The Bertz CT molecular complexity index is 768. The third-order valence-corrected chi connectivity index (χ3v) is 3.06. The van der Waals surface area contributed by atoms with Crippen molar-refractivity contribution < 1.29 is 13.9 Å². The van der Waals surface area contributed by atoms with E-state index in [1.807, 2.05) is 20.2 Å². The molecule has 0 aliphatic carbocycles. The standard InChI is InChI=1S/C16H9ClFNO2.C2H7N/c1-10(21-12-7-5-11(9-19)6-8-12)16(20)13-3-2-4-14(18)15(13)17;1-3-2/h2-8H,1H2;3H,1-2H3. The second kappa shape index (κ2) is 9.46. The van der Waals surface area contributed by atoms with Gasteiger partial charge in [0.1, 0.15) is 11.6 Å². The minimum atomic E-state index is -0.686. The molecule has 0 atom stereocenters. The lowest BCUT2D eigenvalue weighted by molar-refractivity contribution is 0.0986. The Kier molecular flexibility index (Phi) is 7.63. The first-order chi connectivity index (χ1) is 11.4. The van der Waals surface area contributed by atoms with Gasteiger partial charge in [0.15, 0.2) is 5.76 Å². The van der Waals surface area contributed by atoms with E-state index in [0.717, 1.165) is 6.07 Å². The molecule has 0 amide bonds. The number of hydrogen-bond donors (Lipinski definition) is 1. The van der Waals surface area contributed by atoms with Crippen molar-refractivity contribution in [3.63, 3.8) is 0 Å². The van der Waals surface area contributed by atoms with Crippen molar-refractivity contribution in [3.8, 4) is 11.8 Å². The van der Waals surface area contributed by atoms with Gasteiger partial charge in [0.2, 0.25) is 5.78 Å². The molecule has 0 aliphatic rings. The predicted octanol–water partition coefficient (Wildman–Crippen LogP) is 3.96. The summed E-state index contributed by atoms with van der Waals surface area (Å²) in [5.41, 5.74) is 0.447. The van der Waals surface area contributed by atoms with Gasteiger partial charge in [-0.2, -0.15) is 5.26 Å². The summed E-state index contributed by atoms with van der Waals surface area (Å²) in [6.07, 6.45) is 0. The molecule has 0 bridgehead atoms. The molecule has 6 heteroatoms. The van der Waals surface area contributed by atoms with Crippen LogP contribution in [0.3, 0.4) is 0 Å². The van der Waals surface area contributed by atoms with E-state index in [1.54, 1.807) is 12.1 Å². The van der Waals surface area contributed by atoms with Crippen molar-refractivity contribution in [1.82, 2.24) is 5.32 Å². The zero-order chi connectivity index (χ0) is 18.1. The molecule has 0 aliphatic heterocycles. The Balaban J connectivity index is 0.000000891. The van der Waals surface area contributed by atoms with Gasteiger partial charge in [0.25, 0.3) is 0 Å². The highest BCUT2D eigenvalue weighted by atomic mass is 35.5. The van der Waals surface area contributed by atoms with E-state index in [4.69, 9.17) is 21.6 Å². The molecule has 0 unspecified atom stereocenters. The van der Waals surface area contributed by atoms with Crippen LogP contribution in [0.15, 0.2) is 54.8 Å². The largest absolute Gasteiger partial charge is 0.454 e.